The van der Waals surface area contributed by atoms with Gasteiger partial charge in [-0.25, -0.2) is 9.78 Å². The van der Waals surface area contributed by atoms with Crippen LogP contribution in [0.2, 0.25) is 0 Å². The van der Waals surface area contributed by atoms with Gasteiger partial charge in [-0.3, -0.25) is 29.4 Å². The molecule has 0 spiro atoms. The van der Waals surface area contributed by atoms with Gasteiger partial charge in [0.1, 0.15) is 6.54 Å². The van der Waals surface area contributed by atoms with Gasteiger partial charge in [-0.1, -0.05) is 29.5 Å². The first-order valence-corrected chi connectivity index (χ1v) is 10.6. The highest BCUT2D eigenvalue weighted by atomic mass is 32.1. The van der Waals surface area contributed by atoms with Gasteiger partial charge in [0.05, 0.1) is 32.9 Å². The van der Waals surface area contributed by atoms with Crippen molar-refractivity contribution in [3.05, 3.63) is 93.2 Å². The molecule has 0 unspecified atom stereocenters. The van der Waals surface area contributed by atoms with Crippen molar-refractivity contribution in [2.45, 2.75) is 13.1 Å². The van der Waals surface area contributed by atoms with E-state index in [-0.39, 0.29) is 18.8 Å². The number of rotatable bonds is 6. The van der Waals surface area contributed by atoms with E-state index in [1.807, 2.05) is 0 Å². The van der Waals surface area contributed by atoms with Crippen molar-refractivity contribution in [3.8, 4) is 0 Å². The van der Waals surface area contributed by atoms with Crippen molar-refractivity contribution in [2.24, 2.45) is 0 Å². The van der Waals surface area contributed by atoms with E-state index in [0.717, 1.165) is 11.3 Å². The molecule has 5 rings (SSSR count). The number of nitro benzene ring substituents is 1. The van der Waals surface area contributed by atoms with Crippen LogP contribution in [0.5, 0.6) is 0 Å². The zero-order valence-electron chi connectivity index (χ0n) is 17.0. The minimum atomic E-state index is -0.637. The lowest BCUT2D eigenvalue weighted by atomic mass is 10.3. The number of oxazole rings is 1. The summed E-state index contributed by atoms with van der Waals surface area (Å²) in [6.45, 7) is -0.148. The van der Waals surface area contributed by atoms with Crippen molar-refractivity contribution < 1.29 is 14.1 Å². The highest BCUT2D eigenvalue weighted by Gasteiger charge is 2.23. The molecule has 0 saturated heterocycles. The fourth-order valence-corrected chi connectivity index (χ4v) is 4.45. The molecule has 5 aromatic rings. The quantitative estimate of drug-likeness (QED) is 0.279. The molecule has 0 atom stereocenters. The first-order chi connectivity index (χ1) is 16.0. The third kappa shape index (κ3) is 3.96. The van der Waals surface area contributed by atoms with Crippen LogP contribution in [0.3, 0.4) is 0 Å². The lowest BCUT2D eigenvalue weighted by Crippen LogP contribution is -2.35. The maximum Gasteiger partial charge on any atom is 0.420 e. The largest absolute Gasteiger partial charge is 0.420 e. The van der Waals surface area contributed by atoms with Crippen molar-refractivity contribution in [1.29, 1.82) is 0 Å². The lowest BCUT2D eigenvalue weighted by Gasteiger charge is -2.19. The van der Waals surface area contributed by atoms with E-state index in [1.54, 1.807) is 54.7 Å². The predicted molar refractivity (Wildman–Crippen MR) is 122 cm³/mol. The summed E-state index contributed by atoms with van der Waals surface area (Å²) < 4.78 is 7.07. The molecule has 3 heterocycles. The Hall–Kier alpha value is -4.38. The fourth-order valence-electron chi connectivity index (χ4n) is 3.43. The van der Waals surface area contributed by atoms with E-state index in [9.17, 15) is 19.7 Å². The van der Waals surface area contributed by atoms with Gasteiger partial charge in [-0.15, -0.1) is 0 Å². The number of nitro groups is 1. The van der Waals surface area contributed by atoms with Crippen molar-refractivity contribution in [3.63, 3.8) is 0 Å². The summed E-state index contributed by atoms with van der Waals surface area (Å²) in [7, 11) is 0. The summed E-state index contributed by atoms with van der Waals surface area (Å²) in [4.78, 5) is 46.7. The average molecular weight is 461 g/mol. The number of hydrogen-bond acceptors (Lipinski definition) is 8. The number of aromatic nitrogens is 3. The van der Waals surface area contributed by atoms with Gasteiger partial charge >= 0.3 is 5.76 Å². The topological polar surface area (TPSA) is 124 Å². The summed E-state index contributed by atoms with van der Waals surface area (Å²) in [5, 5.41) is 11.5. The number of carbonyl (C=O) groups excluding carboxylic acids is 1. The van der Waals surface area contributed by atoms with E-state index >= 15 is 0 Å². The van der Waals surface area contributed by atoms with Crippen LogP contribution < -0.4 is 10.7 Å². The molecule has 0 aliphatic carbocycles. The lowest BCUT2D eigenvalue weighted by molar-refractivity contribution is -0.384. The number of thiazole rings is 1. The van der Waals surface area contributed by atoms with E-state index in [2.05, 4.69) is 9.97 Å². The molecule has 33 heavy (non-hydrogen) atoms. The van der Waals surface area contributed by atoms with Crippen molar-refractivity contribution >= 4 is 49.4 Å². The number of nitrogens with zero attached hydrogens (tertiary/aromatic N) is 5. The number of para-hydroxylation sites is 2. The van der Waals surface area contributed by atoms with Crippen LogP contribution in [-0.2, 0) is 17.9 Å². The number of hydrogen-bond donors (Lipinski definition) is 0. The molecule has 3 aromatic heterocycles. The third-order valence-electron chi connectivity index (χ3n) is 5.02. The summed E-state index contributed by atoms with van der Waals surface area (Å²) in [6.07, 6.45) is 1.62. The first-order valence-electron chi connectivity index (χ1n) is 9.83. The molecular weight excluding hydrogens is 446 g/mol. The molecule has 0 aliphatic rings. The van der Waals surface area contributed by atoms with Gasteiger partial charge in [0.2, 0.25) is 5.91 Å². The first kappa shape index (κ1) is 20.5. The second-order valence-corrected chi connectivity index (χ2v) is 8.14. The highest BCUT2D eigenvalue weighted by Crippen LogP contribution is 2.32. The van der Waals surface area contributed by atoms with Crippen LogP contribution in [-0.4, -0.2) is 25.4 Å². The molecule has 164 valence electrons. The Labute approximate surface area is 189 Å². The summed E-state index contributed by atoms with van der Waals surface area (Å²) >= 11 is 1.16. The minimum Gasteiger partial charge on any atom is -0.408 e. The Kier molecular flexibility index (Phi) is 5.15. The van der Waals surface area contributed by atoms with E-state index in [1.165, 1.54) is 21.6 Å². The zero-order chi connectivity index (χ0) is 22.9. The second-order valence-electron chi connectivity index (χ2n) is 7.13. The number of anilines is 1. The van der Waals surface area contributed by atoms with Gasteiger partial charge in [0.25, 0.3) is 5.69 Å². The maximum atomic E-state index is 13.4. The standard InChI is InChI=1S/C22H15N5O5S/c28-20(13-25-17-6-1-2-7-18(17)32-22(25)29)26(12-14-5-3-4-10-23-14)21-24-16-9-8-15(27(30)31)11-19(16)33-21/h1-11H,12-13H2. The van der Waals surface area contributed by atoms with Gasteiger partial charge in [-0.2, -0.15) is 0 Å². The van der Waals surface area contributed by atoms with Gasteiger partial charge in [0, 0.05) is 18.3 Å². The number of fused-ring (bicyclic) bond motifs is 2. The normalized spacial score (nSPS) is 11.2. The second kappa shape index (κ2) is 8.28. The molecule has 0 radical (unpaired) electrons. The Morgan fingerprint density at radius 2 is 1.97 bits per heavy atom. The molecule has 10 nitrogen and oxygen atoms in total. The average Bonchev–Trinajstić information content (AvgIpc) is 3.38. The smallest absolute Gasteiger partial charge is 0.408 e. The van der Waals surface area contributed by atoms with Crippen LogP contribution in [0.25, 0.3) is 21.3 Å². The highest BCUT2D eigenvalue weighted by molar-refractivity contribution is 7.22. The maximum absolute atomic E-state index is 13.4. The molecule has 1 amide bonds. The van der Waals surface area contributed by atoms with Crippen molar-refractivity contribution in [2.75, 3.05) is 4.90 Å². The molecule has 11 heteroatoms. The minimum absolute atomic E-state index is 0.0586. The molecule has 2 aromatic carbocycles. The zero-order valence-corrected chi connectivity index (χ0v) is 17.8. The van der Waals surface area contributed by atoms with E-state index in [0.29, 0.717) is 32.1 Å². The third-order valence-corrected chi connectivity index (χ3v) is 6.06. The molecule has 0 fully saturated rings. The number of pyridine rings is 1. The molecule has 0 bridgehead atoms. The number of carbonyl (C=O) groups is 1. The van der Waals surface area contributed by atoms with Gasteiger partial charge in [0.15, 0.2) is 10.7 Å². The van der Waals surface area contributed by atoms with Crippen LogP contribution in [0, 0.1) is 10.1 Å². The Morgan fingerprint density at radius 1 is 1.15 bits per heavy atom. The fraction of sp³-hybridized carbons (Fsp3) is 0.0909. The molecule has 0 aliphatic heterocycles. The molecular formula is C22H15N5O5S. The Morgan fingerprint density at radius 3 is 2.76 bits per heavy atom. The van der Waals surface area contributed by atoms with Crippen LogP contribution in [0.1, 0.15) is 5.69 Å². The monoisotopic (exact) mass is 461 g/mol. The van der Waals surface area contributed by atoms with E-state index in [4.69, 9.17) is 4.42 Å². The molecule has 0 N–H and O–H groups in total. The SMILES string of the molecule is O=C(Cn1c(=O)oc2ccccc21)N(Cc1ccccn1)c1nc2ccc([N+](=O)[O-])cc2s1. The summed E-state index contributed by atoms with van der Waals surface area (Å²) in [5.74, 6) is -1.04. The number of benzene rings is 2. The van der Waals surface area contributed by atoms with Crippen LogP contribution in [0.4, 0.5) is 10.8 Å². The summed E-state index contributed by atoms with van der Waals surface area (Å²) in [5.41, 5.74) is 2.00. The van der Waals surface area contributed by atoms with E-state index < -0.39 is 16.6 Å². The van der Waals surface area contributed by atoms with Crippen molar-refractivity contribution in [1.82, 2.24) is 14.5 Å². The van der Waals surface area contributed by atoms with Crippen LogP contribution >= 0.6 is 11.3 Å². The number of non-ortho nitro benzene ring substituents is 1. The Bertz CT molecular complexity index is 1560. The summed E-state index contributed by atoms with van der Waals surface area (Å²) in [6, 6.07) is 16.5. The van der Waals surface area contributed by atoms with Gasteiger partial charge < -0.3 is 4.42 Å². The van der Waals surface area contributed by atoms with Gasteiger partial charge in [-0.05, 0) is 30.3 Å². The Balaban J connectivity index is 1.55. The predicted octanol–water partition coefficient (Wildman–Crippen LogP) is 3.74. The molecule has 0 saturated carbocycles. The number of amides is 1. The van der Waals surface area contributed by atoms with Crippen LogP contribution in [0.15, 0.2) is 76.1 Å².